The molecule has 0 aliphatic carbocycles. The molecule has 6 rings (SSSR count). The highest BCUT2D eigenvalue weighted by atomic mass is 31.3. The molecule has 63 heavy (non-hydrogen) atoms. The third-order valence-electron chi connectivity index (χ3n) is 11.0. The van der Waals surface area contributed by atoms with Crippen molar-refractivity contribution in [3.63, 3.8) is 0 Å². The third kappa shape index (κ3) is 13.4. The van der Waals surface area contributed by atoms with Gasteiger partial charge in [0.25, 0.3) is 0 Å². The second-order valence-corrected chi connectivity index (χ2v) is 21.3. The molecule has 0 spiro atoms. The lowest BCUT2D eigenvalue weighted by Gasteiger charge is -2.25. The van der Waals surface area contributed by atoms with E-state index in [0.717, 1.165) is 7.17 Å². The number of nitrogen functional groups attached to an aromatic ring is 1. The zero-order valence-electron chi connectivity index (χ0n) is 34.5. The normalized spacial score (nSPS) is 36.2. The van der Waals surface area contributed by atoms with Crippen molar-refractivity contribution in [3.05, 3.63) is 12.7 Å². The highest BCUT2D eigenvalue weighted by molar-refractivity contribution is 7.61. The molecule has 0 aromatic carbocycles. The van der Waals surface area contributed by atoms with Crippen molar-refractivity contribution in [2.45, 2.75) is 107 Å². The lowest BCUT2D eigenvalue weighted by Crippen LogP contribution is -2.33. The first-order chi connectivity index (χ1) is 29.5. The molecule has 17 atom stereocenters. The zero-order valence-corrected chi connectivity index (χ0v) is 38.1. The van der Waals surface area contributed by atoms with Gasteiger partial charge >= 0.3 is 31.3 Å². The quantitative estimate of drug-likeness (QED) is 0.0790. The molecule has 7 radical (unpaired) electrons. The Morgan fingerprint density at radius 3 is 1.90 bits per heavy atom. The number of hydrogen-bond donors (Lipinski definition) is 5. The Morgan fingerprint density at radius 2 is 1.32 bits per heavy atom. The van der Waals surface area contributed by atoms with Gasteiger partial charge in [-0.25, -0.2) is 33.2 Å². The van der Waals surface area contributed by atoms with E-state index in [0.29, 0.717) is 17.6 Å². The fourth-order valence-electron chi connectivity index (χ4n) is 7.54. The number of imidazole rings is 1. The molecule has 6 N–H and O–H groups in total. The van der Waals surface area contributed by atoms with Crippen molar-refractivity contribution in [3.8, 4) is 0 Å². The highest BCUT2D eigenvalue weighted by Gasteiger charge is 2.48. The Morgan fingerprint density at radius 1 is 0.762 bits per heavy atom. The predicted molar refractivity (Wildman–Crippen MR) is 221 cm³/mol. The molecule has 0 amide bonds. The number of nitrogens with zero attached hydrogens (tertiary/aromatic N) is 4. The molecule has 343 valence electrons. The molecular formula is C29H47B5N5O20P4. The van der Waals surface area contributed by atoms with Gasteiger partial charge in [0.15, 0.2) is 11.5 Å². The maximum atomic E-state index is 13.2. The Labute approximate surface area is 367 Å². The number of nitrogens with two attached hydrogens (primary N) is 1. The van der Waals surface area contributed by atoms with Crippen molar-refractivity contribution in [2.24, 2.45) is 11.8 Å². The molecule has 25 nitrogen and oxygen atoms in total. The molecular weight excluding hydrogens is 916 g/mol. The van der Waals surface area contributed by atoms with E-state index in [1.165, 1.54) is 19.8 Å². The number of aromatic nitrogens is 4. The molecule has 0 saturated carbocycles. The standard InChI is InChI=1S/C29H47B5N5O20P4/c1-14-5-17(48-4)21(53-14)9-49-60(40,41)57-18-6-24(33-30)54-22(18)10-50-61(42,43)58-19-7-25(34(31)32)55-23(19)11-52-63(46,47)59-62(44,45)51-8-20-15(2)16(3)29(56-20)39-13-38-26-27(35)36-12-37-28(26)39/h12-25,29H,5-11H2,1-4H3,(H,40,41)(H,42,43)(H,44,45)(H,46,47)(H2,35,36,37). The van der Waals surface area contributed by atoms with Gasteiger partial charge < -0.3 is 49.0 Å². The number of rotatable bonds is 22. The maximum absolute atomic E-state index is 13.2. The second kappa shape index (κ2) is 21.1. The van der Waals surface area contributed by atoms with E-state index < -0.39 is 112 Å². The summed E-state index contributed by atoms with van der Waals surface area (Å²) in [5, 5.41) is 0. The van der Waals surface area contributed by atoms with Crippen LogP contribution >= 0.6 is 31.3 Å². The molecule has 17 unspecified atom stereocenters. The monoisotopic (exact) mass is 964 g/mol. The third-order valence-corrected chi connectivity index (χ3v) is 15.6. The molecule has 4 aliphatic rings. The minimum Gasteiger partial charge on any atom is -0.382 e. The average molecular weight is 964 g/mol. The second-order valence-electron chi connectivity index (χ2n) is 15.5. The first-order valence-corrected chi connectivity index (χ1v) is 25.6. The van der Waals surface area contributed by atoms with E-state index in [4.69, 9.17) is 79.8 Å². The SMILES string of the molecule is [B][B]C1CC(OP(=O)(O)OCC2OC(C)CC2OC)C(COP(=O)(O)OC2CC(B([B])[B])OC2COP(=O)(O)OP(=O)(O)OCC2OC(n3cnc4c(N)ncnc43)C(C)C2C)O1. The minimum atomic E-state index is -5.43. The van der Waals surface area contributed by atoms with Gasteiger partial charge in [0, 0.05) is 54.7 Å². The lowest BCUT2D eigenvalue weighted by atomic mass is 9.16. The van der Waals surface area contributed by atoms with Gasteiger partial charge in [-0.1, -0.05) is 13.8 Å². The Bertz CT molecular complexity index is 2070. The summed E-state index contributed by atoms with van der Waals surface area (Å²) in [6.45, 7) is 1.79. The summed E-state index contributed by atoms with van der Waals surface area (Å²) < 4.78 is 117. The number of ether oxygens (including phenoxy) is 5. The molecule has 4 aliphatic heterocycles. The van der Waals surface area contributed by atoms with Crippen molar-refractivity contribution < 1.29 is 93.0 Å². The van der Waals surface area contributed by atoms with Crippen molar-refractivity contribution in [2.75, 3.05) is 39.3 Å². The average Bonchev–Trinajstić information content (AvgIpc) is 4.03. The van der Waals surface area contributed by atoms with Crippen LogP contribution in [0.15, 0.2) is 12.7 Å². The Balaban J connectivity index is 0.999. The van der Waals surface area contributed by atoms with Crippen LogP contribution in [0.2, 0.25) is 0 Å². The van der Waals surface area contributed by atoms with Gasteiger partial charge in [0.1, 0.15) is 36.4 Å². The number of phosphoric ester groups is 4. The van der Waals surface area contributed by atoms with Crippen LogP contribution in [0.5, 0.6) is 0 Å². The van der Waals surface area contributed by atoms with Gasteiger partial charge in [-0.05, 0) is 25.7 Å². The summed E-state index contributed by atoms with van der Waals surface area (Å²) in [5.74, 6) is -0.303. The molecule has 2 aromatic heterocycles. The number of anilines is 1. The topological polar surface area (TPSA) is 330 Å². The van der Waals surface area contributed by atoms with Crippen LogP contribution in [0.4, 0.5) is 5.82 Å². The number of methoxy groups -OCH3 is 1. The van der Waals surface area contributed by atoms with Crippen molar-refractivity contribution in [1.29, 1.82) is 0 Å². The van der Waals surface area contributed by atoms with E-state index in [2.05, 4.69) is 19.3 Å². The summed E-state index contributed by atoms with van der Waals surface area (Å²) >= 11 is 0. The van der Waals surface area contributed by atoms with Crippen molar-refractivity contribution >= 4 is 85.1 Å². The van der Waals surface area contributed by atoms with E-state index in [-0.39, 0.29) is 49.3 Å². The fourth-order valence-corrected chi connectivity index (χ4v) is 11.6. The lowest BCUT2D eigenvalue weighted by molar-refractivity contribution is -0.0416. The molecule has 34 heteroatoms. The van der Waals surface area contributed by atoms with E-state index >= 15 is 0 Å². The van der Waals surface area contributed by atoms with Crippen molar-refractivity contribution in [1.82, 2.24) is 19.5 Å². The largest absolute Gasteiger partial charge is 0.481 e. The first kappa shape index (κ1) is 51.3. The molecule has 4 fully saturated rings. The smallest absolute Gasteiger partial charge is 0.382 e. The van der Waals surface area contributed by atoms with Crippen LogP contribution in [0.1, 0.15) is 46.3 Å². The Hall–Kier alpha value is -1.05. The van der Waals surface area contributed by atoms with Gasteiger partial charge in [-0.2, -0.15) is 4.31 Å². The van der Waals surface area contributed by atoms with Crippen LogP contribution in [0.3, 0.4) is 0 Å². The maximum Gasteiger partial charge on any atom is 0.481 e. The van der Waals surface area contributed by atoms with Crippen LogP contribution < -0.4 is 5.73 Å². The van der Waals surface area contributed by atoms with Crippen LogP contribution in [-0.2, 0) is 73.4 Å². The van der Waals surface area contributed by atoms with Crippen LogP contribution in [0.25, 0.3) is 11.2 Å². The van der Waals surface area contributed by atoms with E-state index in [1.54, 1.807) is 4.57 Å². The first-order valence-electron chi connectivity index (χ1n) is 19.6. The molecule has 6 heterocycles. The molecule has 2 aromatic rings. The van der Waals surface area contributed by atoms with Gasteiger partial charge in [0.2, 0.25) is 0 Å². The fraction of sp³-hybridized carbons (Fsp3) is 0.828. The molecule has 0 bridgehead atoms. The summed E-state index contributed by atoms with van der Waals surface area (Å²) in [5.41, 5.74) is 6.66. The van der Waals surface area contributed by atoms with Gasteiger partial charge in [0.05, 0.1) is 76.9 Å². The molecule has 4 saturated heterocycles. The Kier molecular flexibility index (Phi) is 17.2. The number of hydrogen-bond acceptors (Lipinski definition) is 20. The minimum absolute atomic E-state index is 0.0583. The summed E-state index contributed by atoms with van der Waals surface area (Å²) in [7, 11) is -0.796. The van der Waals surface area contributed by atoms with Crippen LogP contribution in [0, 0.1) is 11.8 Å². The summed E-state index contributed by atoms with van der Waals surface area (Å²) in [6.07, 6.45) is -4.98. The van der Waals surface area contributed by atoms with Crippen LogP contribution in [-0.4, -0.2) is 170 Å². The van der Waals surface area contributed by atoms with E-state index in [1.807, 2.05) is 20.8 Å². The summed E-state index contributed by atoms with van der Waals surface area (Å²) in [6, 6.07) is -1.85. The summed E-state index contributed by atoms with van der Waals surface area (Å²) in [4.78, 5) is 54.4. The number of fused-ring (bicyclic) bond motifs is 1. The zero-order chi connectivity index (χ0) is 46.1. The van der Waals surface area contributed by atoms with E-state index in [9.17, 15) is 37.8 Å². The number of phosphoric acid groups is 4. The van der Waals surface area contributed by atoms with Gasteiger partial charge in [-0.3, -0.25) is 31.7 Å². The highest BCUT2D eigenvalue weighted by Crippen LogP contribution is 2.61. The van der Waals surface area contributed by atoms with Gasteiger partial charge in [-0.15, -0.1) is 0 Å². The predicted octanol–water partition coefficient (Wildman–Crippen LogP) is 0.450.